The van der Waals surface area contributed by atoms with Crippen molar-refractivity contribution in [2.75, 3.05) is 0 Å². The quantitative estimate of drug-likeness (QED) is 0.205. The van der Waals surface area contributed by atoms with E-state index in [0.29, 0.717) is 0 Å². The third-order valence-corrected chi connectivity index (χ3v) is 4.91. The summed E-state index contributed by atoms with van der Waals surface area (Å²) in [6, 6.07) is 0. The van der Waals surface area contributed by atoms with Gasteiger partial charge in [0.2, 0.25) is 0 Å². The number of hydrogen-bond acceptors (Lipinski definition) is 0. The van der Waals surface area contributed by atoms with Crippen LogP contribution in [-0.2, 0) is 0 Å². The molecular weight excluding hydrogens is 338 g/mol. The maximum atomic E-state index is 2.30. The standard InChI is InChI=1S/C18H37.Sb/c1-3-5-7-9-11-13-15-17-18-16-14-12-10-8-6-4-2;/h1,3-18H2,2H3;. The molecule has 0 N–H and O–H groups in total. The third kappa shape index (κ3) is 18.8. The van der Waals surface area contributed by atoms with Crippen molar-refractivity contribution < 1.29 is 0 Å². The van der Waals surface area contributed by atoms with Crippen LogP contribution in [0.25, 0.3) is 0 Å². The van der Waals surface area contributed by atoms with E-state index in [1.165, 1.54) is 107 Å². The molecule has 2 radical (unpaired) electrons. The van der Waals surface area contributed by atoms with Crippen molar-refractivity contribution in [2.45, 2.75) is 114 Å². The molecule has 0 aromatic rings. The molecule has 0 heterocycles. The van der Waals surface area contributed by atoms with E-state index in [9.17, 15) is 0 Å². The van der Waals surface area contributed by atoms with Gasteiger partial charge in [-0.15, -0.1) is 0 Å². The minimum absolute atomic E-state index is 1.37. The topological polar surface area (TPSA) is 0 Å². The van der Waals surface area contributed by atoms with E-state index in [2.05, 4.69) is 6.92 Å². The molecule has 0 spiro atoms. The first-order valence-corrected chi connectivity index (χ1v) is 10.8. The van der Waals surface area contributed by atoms with Crippen LogP contribution in [0.4, 0.5) is 0 Å². The second kappa shape index (κ2) is 18.8. The van der Waals surface area contributed by atoms with Crippen LogP contribution in [0, 0.1) is 0 Å². The molecule has 0 atom stereocenters. The first-order chi connectivity index (χ1) is 9.41. The monoisotopic (exact) mass is 374 g/mol. The first-order valence-electron chi connectivity index (χ1n) is 9.02. The number of rotatable bonds is 16. The van der Waals surface area contributed by atoms with Gasteiger partial charge in [0.05, 0.1) is 0 Å². The van der Waals surface area contributed by atoms with E-state index in [4.69, 9.17) is 0 Å². The summed E-state index contributed by atoms with van der Waals surface area (Å²) in [7, 11) is 0. The second-order valence-corrected chi connectivity index (χ2v) is 7.30. The molecule has 0 rings (SSSR count). The molecule has 0 aromatic heterocycles. The zero-order valence-electron chi connectivity index (χ0n) is 13.5. The molecule has 0 aliphatic carbocycles. The average molecular weight is 375 g/mol. The van der Waals surface area contributed by atoms with Gasteiger partial charge in [-0.25, -0.2) is 0 Å². The molecule has 0 nitrogen and oxygen atoms in total. The van der Waals surface area contributed by atoms with E-state index in [0.717, 1.165) is 0 Å². The maximum absolute atomic E-state index is 2.30. The van der Waals surface area contributed by atoms with E-state index in [1.807, 2.05) is 23.0 Å². The number of unbranched alkanes of at least 4 members (excludes halogenated alkanes) is 15. The molecule has 0 aliphatic heterocycles. The molecule has 0 amide bonds. The van der Waals surface area contributed by atoms with Gasteiger partial charge in [-0.3, -0.25) is 0 Å². The van der Waals surface area contributed by atoms with Crippen molar-refractivity contribution in [3.63, 3.8) is 0 Å². The van der Waals surface area contributed by atoms with Gasteiger partial charge in [0.25, 0.3) is 0 Å². The summed E-state index contributed by atoms with van der Waals surface area (Å²) in [5.41, 5.74) is 0. The normalized spacial score (nSPS) is 11.1. The Morgan fingerprint density at radius 3 is 0.947 bits per heavy atom. The van der Waals surface area contributed by atoms with Crippen LogP contribution >= 0.6 is 0 Å². The fourth-order valence-corrected chi connectivity index (χ4v) is 3.30. The van der Waals surface area contributed by atoms with Gasteiger partial charge in [-0.2, -0.15) is 0 Å². The van der Waals surface area contributed by atoms with Crippen LogP contribution in [0.1, 0.15) is 110 Å². The van der Waals surface area contributed by atoms with Gasteiger partial charge < -0.3 is 0 Å². The zero-order valence-corrected chi connectivity index (χ0v) is 16.0. The van der Waals surface area contributed by atoms with Gasteiger partial charge in [0.15, 0.2) is 0 Å². The Morgan fingerprint density at radius 1 is 0.421 bits per heavy atom. The Hall–Kier alpha value is 0.818. The molecular formula is C18H37Sb. The fraction of sp³-hybridized carbons (Fsp3) is 1.00. The van der Waals surface area contributed by atoms with Gasteiger partial charge >= 0.3 is 98.0 Å². The van der Waals surface area contributed by atoms with E-state index < -0.39 is 0 Å². The van der Waals surface area contributed by atoms with Gasteiger partial charge in [-0.1, -0.05) is 39.0 Å². The van der Waals surface area contributed by atoms with Crippen molar-refractivity contribution in [3.05, 3.63) is 0 Å². The molecule has 0 unspecified atom stereocenters. The third-order valence-electron chi connectivity index (χ3n) is 4.01. The summed E-state index contributed by atoms with van der Waals surface area (Å²) in [4.78, 5) is 0. The van der Waals surface area contributed by atoms with Crippen LogP contribution in [-0.4, -0.2) is 23.0 Å². The Bertz CT molecular complexity index is 129. The molecule has 1 heteroatoms. The van der Waals surface area contributed by atoms with E-state index >= 15 is 0 Å². The molecule has 19 heavy (non-hydrogen) atoms. The van der Waals surface area contributed by atoms with Crippen LogP contribution in [0.15, 0.2) is 0 Å². The van der Waals surface area contributed by atoms with Gasteiger partial charge in [0.1, 0.15) is 0 Å². The Morgan fingerprint density at radius 2 is 0.684 bits per heavy atom. The Balaban J connectivity index is 2.88. The first kappa shape index (κ1) is 19.8. The van der Waals surface area contributed by atoms with Crippen LogP contribution < -0.4 is 0 Å². The van der Waals surface area contributed by atoms with Crippen LogP contribution in [0.2, 0.25) is 4.37 Å². The summed E-state index contributed by atoms with van der Waals surface area (Å²) in [5, 5.41) is 0. The summed E-state index contributed by atoms with van der Waals surface area (Å²) in [6.45, 7) is 2.30. The average Bonchev–Trinajstić information content (AvgIpc) is 2.43. The summed E-state index contributed by atoms with van der Waals surface area (Å²) < 4.78 is 1.42. The Labute approximate surface area is 137 Å². The van der Waals surface area contributed by atoms with Crippen molar-refractivity contribution in [1.29, 1.82) is 0 Å². The van der Waals surface area contributed by atoms with Gasteiger partial charge in [-0.05, 0) is 0 Å². The SMILES string of the molecule is CCCCCCCCCCCCCCCCC[CH2][Sb]. The predicted molar refractivity (Wildman–Crippen MR) is 90.1 cm³/mol. The van der Waals surface area contributed by atoms with Crippen molar-refractivity contribution in [3.8, 4) is 0 Å². The second-order valence-electron chi connectivity index (χ2n) is 6.03. The molecule has 0 aromatic carbocycles. The predicted octanol–water partition coefficient (Wildman–Crippen LogP) is 6.83. The van der Waals surface area contributed by atoms with Gasteiger partial charge in [0, 0.05) is 0 Å². The minimum atomic E-state index is 1.37. The summed E-state index contributed by atoms with van der Waals surface area (Å²) in [6.07, 6.45) is 23.6. The van der Waals surface area contributed by atoms with E-state index in [1.54, 1.807) is 0 Å². The summed E-state index contributed by atoms with van der Waals surface area (Å²) in [5.74, 6) is 0. The zero-order chi connectivity index (χ0) is 14.0. The molecule has 0 saturated heterocycles. The van der Waals surface area contributed by atoms with Crippen LogP contribution in [0.3, 0.4) is 0 Å². The fourth-order valence-electron chi connectivity index (χ4n) is 2.66. The van der Waals surface area contributed by atoms with Crippen molar-refractivity contribution in [2.24, 2.45) is 0 Å². The van der Waals surface area contributed by atoms with Crippen molar-refractivity contribution >= 4 is 23.0 Å². The van der Waals surface area contributed by atoms with E-state index in [-0.39, 0.29) is 0 Å². The molecule has 114 valence electrons. The molecule has 0 aliphatic rings. The van der Waals surface area contributed by atoms with Crippen LogP contribution in [0.5, 0.6) is 0 Å². The molecule has 0 saturated carbocycles. The number of hydrogen-bond donors (Lipinski definition) is 0. The van der Waals surface area contributed by atoms with Crippen molar-refractivity contribution in [1.82, 2.24) is 0 Å². The Kier molecular flexibility index (Phi) is 19.6. The summed E-state index contributed by atoms with van der Waals surface area (Å²) >= 11 is 1.98. The molecule has 0 bridgehead atoms. The molecule has 0 fully saturated rings.